The molecule has 0 bridgehead atoms. The Hall–Kier alpha value is -2.86. The van der Waals surface area contributed by atoms with Gasteiger partial charge in [-0.15, -0.1) is 0 Å². The van der Waals surface area contributed by atoms with E-state index in [4.69, 9.17) is 5.11 Å². The zero-order valence-electron chi connectivity index (χ0n) is 12.4. The maximum atomic E-state index is 10.4. The minimum Gasteiger partial charge on any atom is -0.494 e. The summed E-state index contributed by atoms with van der Waals surface area (Å²) in [5.74, 6) is 0.173. The van der Waals surface area contributed by atoms with Gasteiger partial charge in [0.05, 0.1) is 34.0 Å². The molecule has 0 spiro atoms. The van der Waals surface area contributed by atoms with E-state index < -0.39 is 0 Å². The van der Waals surface area contributed by atoms with Gasteiger partial charge in [-0.2, -0.15) is 0 Å². The Balaban J connectivity index is 1.80. The zero-order chi connectivity index (χ0) is 15.8. The summed E-state index contributed by atoms with van der Waals surface area (Å²) in [6, 6.07) is 9.50. The zero-order valence-corrected chi connectivity index (χ0v) is 12.4. The number of nitrogens with zero attached hydrogens (tertiary/aromatic N) is 4. The van der Waals surface area contributed by atoms with Crippen molar-refractivity contribution in [3.63, 3.8) is 0 Å². The van der Waals surface area contributed by atoms with Gasteiger partial charge in [-0.05, 0) is 36.8 Å². The molecule has 6 heteroatoms. The lowest BCUT2D eigenvalue weighted by Crippen LogP contribution is -1.98. The molecule has 23 heavy (non-hydrogen) atoms. The van der Waals surface area contributed by atoms with Gasteiger partial charge in [0.25, 0.3) is 0 Å². The van der Waals surface area contributed by atoms with E-state index in [9.17, 15) is 5.11 Å². The van der Waals surface area contributed by atoms with Crippen molar-refractivity contribution in [3.05, 3.63) is 49.1 Å². The maximum absolute atomic E-state index is 10.4. The summed E-state index contributed by atoms with van der Waals surface area (Å²) >= 11 is 0. The van der Waals surface area contributed by atoms with Crippen molar-refractivity contribution >= 4 is 21.9 Å². The standard InChI is InChI=1S/C17H16N4O2/c22-8-2-7-20-11-19-14-9-12(4-5-16(14)20)21-10-15-13(17(21)23)3-1-6-18-15/h1,3-6,9-11,22-23H,2,7-8H2. The van der Waals surface area contributed by atoms with Crippen molar-refractivity contribution in [1.29, 1.82) is 0 Å². The second-order valence-corrected chi connectivity index (χ2v) is 5.45. The van der Waals surface area contributed by atoms with Crippen molar-refractivity contribution in [2.45, 2.75) is 13.0 Å². The molecule has 1 aromatic carbocycles. The molecule has 0 aliphatic carbocycles. The van der Waals surface area contributed by atoms with Crippen molar-refractivity contribution in [2.24, 2.45) is 0 Å². The second kappa shape index (κ2) is 5.40. The lowest BCUT2D eigenvalue weighted by molar-refractivity contribution is 0.280. The Morgan fingerprint density at radius 2 is 2.00 bits per heavy atom. The average Bonchev–Trinajstić information content (AvgIpc) is 3.14. The molecule has 0 aliphatic rings. The summed E-state index contributed by atoms with van der Waals surface area (Å²) in [5, 5.41) is 20.1. The van der Waals surface area contributed by atoms with Crippen molar-refractivity contribution in [1.82, 2.24) is 19.1 Å². The topological polar surface area (TPSA) is 76.1 Å². The van der Waals surface area contributed by atoms with Gasteiger partial charge >= 0.3 is 0 Å². The summed E-state index contributed by atoms with van der Waals surface area (Å²) in [7, 11) is 0. The molecule has 4 aromatic rings. The van der Waals surface area contributed by atoms with Crippen LogP contribution in [0.2, 0.25) is 0 Å². The quantitative estimate of drug-likeness (QED) is 0.607. The number of hydrogen-bond acceptors (Lipinski definition) is 4. The molecule has 0 amide bonds. The number of aliphatic hydroxyl groups excluding tert-OH is 1. The fraction of sp³-hybridized carbons (Fsp3) is 0.176. The largest absolute Gasteiger partial charge is 0.494 e. The third-order valence-electron chi connectivity index (χ3n) is 4.00. The summed E-state index contributed by atoms with van der Waals surface area (Å²) in [5.41, 5.74) is 3.45. The molecule has 6 nitrogen and oxygen atoms in total. The molecular weight excluding hydrogens is 292 g/mol. The van der Waals surface area contributed by atoms with Crippen LogP contribution in [0.25, 0.3) is 27.6 Å². The molecule has 0 atom stereocenters. The van der Waals surface area contributed by atoms with E-state index in [1.165, 1.54) is 0 Å². The number of aryl methyl sites for hydroxylation is 1. The molecule has 2 N–H and O–H groups in total. The first-order valence-corrected chi connectivity index (χ1v) is 7.49. The van der Waals surface area contributed by atoms with E-state index >= 15 is 0 Å². The Bertz CT molecular complexity index is 987. The normalized spacial score (nSPS) is 11.5. The van der Waals surface area contributed by atoms with Crippen LogP contribution in [0.1, 0.15) is 6.42 Å². The Labute approximate surface area is 132 Å². The summed E-state index contributed by atoms with van der Waals surface area (Å²) in [4.78, 5) is 8.68. The summed E-state index contributed by atoms with van der Waals surface area (Å²) < 4.78 is 3.73. The first-order chi connectivity index (χ1) is 11.3. The smallest absolute Gasteiger partial charge is 0.205 e. The Kier molecular flexibility index (Phi) is 3.24. The van der Waals surface area contributed by atoms with Crippen LogP contribution in [0.3, 0.4) is 0 Å². The fourth-order valence-corrected chi connectivity index (χ4v) is 2.84. The SMILES string of the molecule is OCCCn1cnc2cc(-n3cc4ncccc4c3O)ccc21. The van der Waals surface area contributed by atoms with Gasteiger partial charge in [-0.1, -0.05) is 0 Å². The second-order valence-electron chi connectivity index (χ2n) is 5.45. The monoisotopic (exact) mass is 308 g/mol. The molecule has 0 unspecified atom stereocenters. The predicted octanol–water partition coefficient (Wildman–Crippen LogP) is 2.46. The van der Waals surface area contributed by atoms with Gasteiger partial charge in [0.15, 0.2) is 0 Å². The van der Waals surface area contributed by atoms with Gasteiger partial charge in [0.1, 0.15) is 0 Å². The predicted molar refractivity (Wildman–Crippen MR) is 87.7 cm³/mol. The number of aliphatic hydroxyl groups is 1. The number of fused-ring (bicyclic) bond motifs is 2. The van der Waals surface area contributed by atoms with Crippen molar-refractivity contribution in [2.75, 3.05) is 6.61 Å². The lowest BCUT2D eigenvalue weighted by Gasteiger charge is -2.06. The first kappa shape index (κ1) is 13.8. The highest BCUT2D eigenvalue weighted by atomic mass is 16.3. The highest BCUT2D eigenvalue weighted by molar-refractivity contribution is 5.86. The molecule has 3 heterocycles. The average molecular weight is 308 g/mol. The molecule has 0 aliphatic heterocycles. The summed E-state index contributed by atoms with van der Waals surface area (Å²) in [6.07, 6.45) is 5.99. The Morgan fingerprint density at radius 1 is 1.09 bits per heavy atom. The number of benzene rings is 1. The highest BCUT2D eigenvalue weighted by Gasteiger charge is 2.11. The van der Waals surface area contributed by atoms with Crippen LogP contribution in [0.15, 0.2) is 49.1 Å². The molecule has 0 fully saturated rings. The van der Waals surface area contributed by atoms with Gasteiger partial charge in [0, 0.05) is 25.5 Å². The molecule has 0 saturated heterocycles. The van der Waals surface area contributed by atoms with Crippen LogP contribution < -0.4 is 0 Å². The molecule has 3 aromatic heterocycles. The van der Waals surface area contributed by atoms with Gasteiger partial charge in [0.2, 0.25) is 5.88 Å². The number of imidazole rings is 1. The van der Waals surface area contributed by atoms with Crippen LogP contribution >= 0.6 is 0 Å². The van der Waals surface area contributed by atoms with Gasteiger partial charge in [-0.3, -0.25) is 9.55 Å². The number of rotatable bonds is 4. The van der Waals surface area contributed by atoms with Crippen molar-refractivity contribution < 1.29 is 10.2 Å². The molecule has 0 saturated carbocycles. The summed E-state index contributed by atoms with van der Waals surface area (Å²) in [6.45, 7) is 0.892. The number of pyridine rings is 1. The van der Waals surface area contributed by atoms with Gasteiger partial charge in [-0.25, -0.2) is 4.98 Å². The van der Waals surface area contributed by atoms with Crippen LogP contribution in [0, 0.1) is 0 Å². The van der Waals surface area contributed by atoms with Crippen LogP contribution in [-0.4, -0.2) is 35.9 Å². The number of hydrogen-bond donors (Lipinski definition) is 2. The van der Waals surface area contributed by atoms with Crippen LogP contribution in [-0.2, 0) is 6.54 Å². The fourth-order valence-electron chi connectivity index (χ4n) is 2.84. The van der Waals surface area contributed by atoms with Crippen LogP contribution in [0.5, 0.6) is 5.88 Å². The minimum atomic E-state index is 0.161. The molecule has 116 valence electrons. The van der Waals surface area contributed by atoms with E-state index in [0.717, 1.165) is 34.2 Å². The first-order valence-electron chi connectivity index (χ1n) is 7.49. The third-order valence-corrected chi connectivity index (χ3v) is 4.00. The molecular formula is C17H16N4O2. The van der Waals surface area contributed by atoms with Gasteiger partial charge < -0.3 is 14.8 Å². The number of aromatic hydroxyl groups is 1. The molecule has 0 radical (unpaired) electrons. The minimum absolute atomic E-state index is 0.161. The van der Waals surface area contributed by atoms with Crippen LogP contribution in [0.4, 0.5) is 0 Å². The van der Waals surface area contributed by atoms with E-state index in [0.29, 0.717) is 6.42 Å². The lowest BCUT2D eigenvalue weighted by atomic mass is 10.2. The van der Waals surface area contributed by atoms with E-state index in [2.05, 4.69) is 9.97 Å². The third kappa shape index (κ3) is 2.24. The number of aromatic nitrogens is 4. The maximum Gasteiger partial charge on any atom is 0.205 e. The van der Waals surface area contributed by atoms with E-state index in [-0.39, 0.29) is 12.5 Å². The highest BCUT2D eigenvalue weighted by Crippen LogP contribution is 2.29. The Morgan fingerprint density at radius 3 is 2.83 bits per heavy atom. The molecule has 4 rings (SSSR count). The van der Waals surface area contributed by atoms with E-state index in [1.54, 1.807) is 23.2 Å². The van der Waals surface area contributed by atoms with Crippen molar-refractivity contribution in [3.8, 4) is 11.6 Å². The van der Waals surface area contributed by atoms with E-state index in [1.807, 2.05) is 35.0 Å².